The standard InChI is InChI=1S/C18H18BrFN2O/c19-16-5-1-14(2-6-16)13-21-9-11-22(12-10-21)18(23)15-3-7-17(20)8-4-15/h1-8H,9-13H2/p+1. The smallest absolute Gasteiger partial charge is 0.254 e. The summed E-state index contributed by atoms with van der Waals surface area (Å²) in [6.45, 7) is 4.32. The number of halogens is 2. The van der Waals surface area contributed by atoms with Gasteiger partial charge in [0.15, 0.2) is 0 Å². The minimum Gasteiger partial charge on any atom is -0.328 e. The van der Waals surface area contributed by atoms with E-state index in [1.807, 2.05) is 4.90 Å². The zero-order chi connectivity index (χ0) is 16.2. The first-order valence-corrected chi connectivity index (χ1v) is 8.54. The topological polar surface area (TPSA) is 24.8 Å². The molecule has 0 spiro atoms. The lowest BCUT2D eigenvalue weighted by Gasteiger charge is -2.32. The second-order valence-electron chi connectivity index (χ2n) is 5.85. The highest BCUT2D eigenvalue weighted by Crippen LogP contribution is 2.10. The molecule has 1 N–H and O–H groups in total. The number of piperazine rings is 1. The van der Waals surface area contributed by atoms with Gasteiger partial charge in [-0.2, -0.15) is 0 Å². The van der Waals surface area contributed by atoms with Crippen molar-refractivity contribution in [1.29, 1.82) is 0 Å². The Balaban J connectivity index is 1.54. The highest BCUT2D eigenvalue weighted by molar-refractivity contribution is 9.10. The molecule has 2 aromatic carbocycles. The Labute approximate surface area is 143 Å². The normalized spacial score (nSPS) is 15.7. The van der Waals surface area contributed by atoms with Crippen LogP contribution in [-0.4, -0.2) is 37.0 Å². The van der Waals surface area contributed by atoms with Gasteiger partial charge in [-0.05, 0) is 36.4 Å². The predicted molar refractivity (Wildman–Crippen MR) is 90.8 cm³/mol. The summed E-state index contributed by atoms with van der Waals surface area (Å²) >= 11 is 3.45. The second-order valence-corrected chi connectivity index (χ2v) is 6.77. The molecule has 0 saturated carbocycles. The number of benzene rings is 2. The Morgan fingerprint density at radius 1 is 1.04 bits per heavy atom. The minimum absolute atomic E-state index is 0.00677. The molecule has 2 aromatic rings. The molecule has 0 aromatic heterocycles. The summed E-state index contributed by atoms with van der Waals surface area (Å²) in [6, 6.07) is 14.2. The molecule has 3 nitrogen and oxygen atoms in total. The van der Waals surface area contributed by atoms with E-state index >= 15 is 0 Å². The first-order valence-electron chi connectivity index (χ1n) is 7.75. The van der Waals surface area contributed by atoms with E-state index < -0.39 is 0 Å². The molecule has 5 heteroatoms. The van der Waals surface area contributed by atoms with Crippen LogP contribution in [0.4, 0.5) is 4.39 Å². The number of rotatable bonds is 3. The van der Waals surface area contributed by atoms with Crippen molar-refractivity contribution in [2.75, 3.05) is 26.2 Å². The van der Waals surface area contributed by atoms with Crippen LogP contribution in [0, 0.1) is 5.82 Å². The monoisotopic (exact) mass is 377 g/mol. The van der Waals surface area contributed by atoms with E-state index in [9.17, 15) is 9.18 Å². The molecule has 0 bridgehead atoms. The van der Waals surface area contributed by atoms with E-state index in [1.165, 1.54) is 22.6 Å². The first kappa shape index (κ1) is 16.1. The van der Waals surface area contributed by atoms with Gasteiger partial charge in [0.05, 0.1) is 26.2 Å². The first-order chi connectivity index (χ1) is 11.1. The SMILES string of the molecule is O=C(c1ccc(F)cc1)N1CC[NH+](Cc2ccc(Br)cc2)CC1. The van der Waals surface area contributed by atoms with Gasteiger partial charge < -0.3 is 9.80 Å². The maximum Gasteiger partial charge on any atom is 0.254 e. The number of carbonyl (C=O) groups is 1. The minimum atomic E-state index is -0.315. The summed E-state index contributed by atoms with van der Waals surface area (Å²) in [6.07, 6.45) is 0. The molecule has 0 atom stereocenters. The summed E-state index contributed by atoms with van der Waals surface area (Å²) < 4.78 is 14.0. The van der Waals surface area contributed by atoms with E-state index in [1.54, 1.807) is 12.1 Å². The number of amides is 1. The van der Waals surface area contributed by atoms with Crippen molar-refractivity contribution < 1.29 is 14.1 Å². The van der Waals surface area contributed by atoms with Gasteiger partial charge in [0.1, 0.15) is 12.4 Å². The Morgan fingerprint density at radius 3 is 2.26 bits per heavy atom. The summed E-state index contributed by atoms with van der Waals surface area (Å²) in [7, 11) is 0. The van der Waals surface area contributed by atoms with Crippen LogP contribution in [-0.2, 0) is 6.54 Å². The maximum absolute atomic E-state index is 12.9. The third-order valence-corrected chi connectivity index (χ3v) is 4.74. The summed E-state index contributed by atoms with van der Waals surface area (Å²) in [5.41, 5.74) is 1.87. The Kier molecular flexibility index (Phi) is 5.08. The number of nitrogens with zero attached hydrogens (tertiary/aromatic N) is 1. The Morgan fingerprint density at radius 2 is 1.65 bits per heavy atom. The molecule has 0 aliphatic carbocycles. The molecule has 1 heterocycles. The molecule has 1 fully saturated rings. The number of hydrogen-bond donors (Lipinski definition) is 1. The molecule has 1 amide bonds. The van der Waals surface area contributed by atoms with Gasteiger partial charge >= 0.3 is 0 Å². The fourth-order valence-corrected chi connectivity index (χ4v) is 3.13. The molecule has 1 aliphatic heterocycles. The van der Waals surface area contributed by atoms with Crippen LogP contribution in [0.25, 0.3) is 0 Å². The molecule has 120 valence electrons. The molecule has 23 heavy (non-hydrogen) atoms. The number of carbonyl (C=O) groups excluding carboxylic acids is 1. The van der Waals surface area contributed by atoms with Crippen LogP contribution in [0.15, 0.2) is 53.0 Å². The van der Waals surface area contributed by atoms with E-state index in [-0.39, 0.29) is 11.7 Å². The summed E-state index contributed by atoms with van der Waals surface area (Å²) in [4.78, 5) is 15.7. The Bertz CT molecular complexity index is 664. The summed E-state index contributed by atoms with van der Waals surface area (Å²) in [5.74, 6) is -0.321. The zero-order valence-corrected chi connectivity index (χ0v) is 14.4. The van der Waals surface area contributed by atoms with Gasteiger partial charge in [-0.3, -0.25) is 4.79 Å². The fourth-order valence-electron chi connectivity index (χ4n) is 2.87. The number of hydrogen-bond acceptors (Lipinski definition) is 1. The average Bonchev–Trinajstić information content (AvgIpc) is 2.58. The van der Waals surface area contributed by atoms with Crippen molar-refractivity contribution in [3.63, 3.8) is 0 Å². The lowest BCUT2D eigenvalue weighted by molar-refractivity contribution is -0.917. The highest BCUT2D eigenvalue weighted by atomic mass is 79.9. The quantitative estimate of drug-likeness (QED) is 0.870. The molecular weight excluding hydrogens is 359 g/mol. The zero-order valence-electron chi connectivity index (χ0n) is 12.8. The van der Waals surface area contributed by atoms with Crippen LogP contribution in [0.2, 0.25) is 0 Å². The average molecular weight is 378 g/mol. The second kappa shape index (κ2) is 7.23. The van der Waals surface area contributed by atoms with Crippen molar-refractivity contribution in [2.24, 2.45) is 0 Å². The fraction of sp³-hybridized carbons (Fsp3) is 0.278. The maximum atomic E-state index is 12.9. The number of nitrogens with one attached hydrogen (secondary N) is 1. The van der Waals surface area contributed by atoms with Gasteiger partial charge in [-0.25, -0.2) is 4.39 Å². The van der Waals surface area contributed by atoms with E-state index in [4.69, 9.17) is 0 Å². The van der Waals surface area contributed by atoms with Crippen LogP contribution < -0.4 is 4.90 Å². The highest BCUT2D eigenvalue weighted by Gasteiger charge is 2.24. The van der Waals surface area contributed by atoms with Gasteiger partial charge in [0.25, 0.3) is 5.91 Å². The lowest BCUT2D eigenvalue weighted by Crippen LogP contribution is -3.13. The van der Waals surface area contributed by atoms with Crippen LogP contribution >= 0.6 is 15.9 Å². The lowest BCUT2D eigenvalue weighted by atomic mass is 10.1. The van der Waals surface area contributed by atoms with Crippen LogP contribution in [0.5, 0.6) is 0 Å². The van der Waals surface area contributed by atoms with Gasteiger partial charge in [-0.15, -0.1) is 0 Å². The predicted octanol–water partition coefficient (Wildman–Crippen LogP) is 2.13. The molecule has 3 rings (SSSR count). The van der Waals surface area contributed by atoms with Gasteiger partial charge in [-0.1, -0.05) is 28.1 Å². The molecular formula is C18H19BrFN2O+. The van der Waals surface area contributed by atoms with Gasteiger partial charge in [0, 0.05) is 15.6 Å². The van der Waals surface area contributed by atoms with Crippen molar-refractivity contribution in [3.8, 4) is 0 Å². The van der Waals surface area contributed by atoms with Crippen molar-refractivity contribution in [2.45, 2.75) is 6.54 Å². The van der Waals surface area contributed by atoms with E-state index in [0.29, 0.717) is 5.56 Å². The molecule has 0 unspecified atom stereocenters. The van der Waals surface area contributed by atoms with Crippen LogP contribution in [0.1, 0.15) is 15.9 Å². The van der Waals surface area contributed by atoms with Crippen molar-refractivity contribution in [1.82, 2.24) is 4.90 Å². The van der Waals surface area contributed by atoms with Crippen LogP contribution in [0.3, 0.4) is 0 Å². The third kappa shape index (κ3) is 4.18. The largest absolute Gasteiger partial charge is 0.328 e. The van der Waals surface area contributed by atoms with Gasteiger partial charge in [0.2, 0.25) is 0 Å². The van der Waals surface area contributed by atoms with Crippen molar-refractivity contribution in [3.05, 3.63) is 69.9 Å². The number of quaternary nitrogens is 1. The van der Waals surface area contributed by atoms with E-state index in [0.717, 1.165) is 37.2 Å². The van der Waals surface area contributed by atoms with E-state index in [2.05, 4.69) is 40.2 Å². The summed E-state index contributed by atoms with van der Waals surface area (Å²) in [5, 5.41) is 0. The molecule has 0 radical (unpaired) electrons. The Hall–Kier alpha value is -1.72. The van der Waals surface area contributed by atoms with Crippen molar-refractivity contribution >= 4 is 21.8 Å². The molecule has 1 saturated heterocycles. The molecule has 1 aliphatic rings. The third-order valence-electron chi connectivity index (χ3n) is 4.22.